The average Bonchev–Trinajstić information content (AvgIpc) is 2.25. The lowest BCUT2D eigenvalue weighted by atomic mass is 10.0. The third-order valence-corrected chi connectivity index (χ3v) is 3.17. The second-order valence-corrected chi connectivity index (χ2v) is 4.73. The molecule has 0 aliphatic carbocycles. The molecule has 90 valence electrons. The molecule has 0 aromatic carbocycles. The largest absolute Gasteiger partial charge is 0.381 e. The monoisotopic (exact) mass is 215 g/mol. The van der Waals surface area contributed by atoms with E-state index in [1.54, 1.807) is 0 Å². The van der Waals surface area contributed by atoms with Crippen LogP contribution in [0.3, 0.4) is 0 Å². The van der Waals surface area contributed by atoms with Crippen molar-refractivity contribution in [2.24, 2.45) is 11.8 Å². The van der Waals surface area contributed by atoms with Crippen LogP contribution in [0.1, 0.15) is 26.7 Å². The van der Waals surface area contributed by atoms with Gasteiger partial charge in [0.25, 0.3) is 0 Å². The molecule has 3 nitrogen and oxygen atoms in total. The standard InChI is InChI=1S/C12H25NO2/c1-10(2)12(13-3)9-15-8-11-4-6-14-7-5-11/h10-13H,4-9H2,1-3H3. The molecule has 0 saturated carbocycles. The van der Waals surface area contributed by atoms with E-state index in [0.717, 1.165) is 39.3 Å². The lowest BCUT2D eigenvalue weighted by Crippen LogP contribution is -2.36. The van der Waals surface area contributed by atoms with E-state index in [0.29, 0.717) is 17.9 Å². The van der Waals surface area contributed by atoms with Gasteiger partial charge < -0.3 is 14.8 Å². The minimum atomic E-state index is 0.477. The fraction of sp³-hybridized carbons (Fsp3) is 1.00. The average molecular weight is 215 g/mol. The Bertz CT molecular complexity index is 156. The highest BCUT2D eigenvalue weighted by molar-refractivity contribution is 4.68. The molecule has 0 spiro atoms. The fourth-order valence-corrected chi connectivity index (χ4v) is 1.88. The maximum Gasteiger partial charge on any atom is 0.0622 e. The summed E-state index contributed by atoms with van der Waals surface area (Å²) >= 11 is 0. The number of hydrogen-bond acceptors (Lipinski definition) is 3. The van der Waals surface area contributed by atoms with Crippen LogP contribution in [0.4, 0.5) is 0 Å². The Morgan fingerprint density at radius 3 is 2.53 bits per heavy atom. The Morgan fingerprint density at radius 2 is 2.00 bits per heavy atom. The van der Waals surface area contributed by atoms with Gasteiger partial charge in [-0.05, 0) is 31.7 Å². The van der Waals surface area contributed by atoms with Crippen molar-refractivity contribution in [3.8, 4) is 0 Å². The van der Waals surface area contributed by atoms with Gasteiger partial charge in [0.2, 0.25) is 0 Å². The van der Waals surface area contributed by atoms with Gasteiger partial charge in [-0.2, -0.15) is 0 Å². The minimum absolute atomic E-state index is 0.477. The predicted molar refractivity (Wildman–Crippen MR) is 62.0 cm³/mol. The van der Waals surface area contributed by atoms with Gasteiger partial charge in [-0.1, -0.05) is 13.8 Å². The first kappa shape index (κ1) is 12.9. The molecule has 1 atom stereocenters. The lowest BCUT2D eigenvalue weighted by Gasteiger charge is -2.24. The molecule has 0 amide bonds. The smallest absolute Gasteiger partial charge is 0.0622 e. The van der Waals surface area contributed by atoms with Gasteiger partial charge in [-0.25, -0.2) is 0 Å². The Balaban J connectivity index is 2.08. The maximum atomic E-state index is 5.77. The van der Waals surface area contributed by atoms with Gasteiger partial charge in [0.15, 0.2) is 0 Å². The zero-order valence-electron chi connectivity index (χ0n) is 10.3. The van der Waals surface area contributed by atoms with Crippen LogP contribution < -0.4 is 5.32 Å². The Hall–Kier alpha value is -0.120. The van der Waals surface area contributed by atoms with Gasteiger partial charge in [0.1, 0.15) is 0 Å². The number of hydrogen-bond donors (Lipinski definition) is 1. The van der Waals surface area contributed by atoms with E-state index in [-0.39, 0.29) is 0 Å². The van der Waals surface area contributed by atoms with Crippen LogP contribution in [0, 0.1) is 11.8 Å². The van der Waals surface area contributed by atoms with Crippen LogP contribution in [0.25, 0.3) is 0 Å². The lowest BCUT2D eigenvalue weighted by molar-refractivity contribution is 0.0127. The molecule has 1 heterocycles. The molecule has 1 aliphatic heterocycles. The molecule has 0 bridgehead atoms. The SMILES string of the molecule is CNC(COCC1CCOCC1)C(C)C. The van der Waals surface area contributed by atoms with Crippen LogP contribution in [-0.2, 0) is 9.47 Å². The van der Waals surface area contributed by atoms with Crippen molar-refractivity contribution in [1.82, 2.24) is 5.32 Å². The molecule has 1 aliphatic rings. The molecule has 1 rings (SSSR count). The number of likely N-dealkylation sites (N-methyl/N-ethyl adjacent to an activating group) is 1. The van der Waals surface area contributed by atoms with E-state index in [1.165, 1.54) is 0 Å². The summed E-state index contributed by atoms with van der Waals surface area (Å²) in [5.41, 5.74) is 0. The van der Waals surface area contributed by atoms with Gasteiger partial charge in [-0.15, -0.1) is 0 Å². The quantitative estimate of drug-likeness (QED) is 0.731. The highest BCUT2D eigenvalue weighted by atomic mass is 16.5. The number of nitrogens with one attached hydrogen (secondary N) is 1. The summed E-state index contributed by atoms with van der Waals surface area (Å²) in [5.74, 6) is 1.34. The summed E-state index contributed by atoms with van der Waals surface area (Å²) in [4.78, 5) is 0. The molecular formula is C12H25NO2. The molecule has 15 heavy (non-hydrogen) atoms. The van der Waals surface area contributed by atoms with Crippen molar-refractivity contribution in [2.45, 2.75) is 32.7 Å². The van der Waals surface area contributed by atoms with Crippen molar-refractivity contribution >= 4 is 0 Å². The number of rotatable bonds is 6. The molecule has 0 radical (unpaired) electrons. The highest BCUT2D eigenvalue weighted by Crippen LogP contribution is 2.15. The minimum Gasteiger partial charge on any atom is -0.381 e. The second-order valence-electron chi connectivity index (χ2n) is 4.73. The third kappa shape index (κ3) is 4.96. The van der Waals surface area contributed by atoms with E-state index in [4.69, 9.17) is 9.47 Å². The predicted octanol–water partition coefficient (Wildman–Crippen LogP) is 1.67. The summed E-state index contributed by atoms with van der Waals surface area (Å²) in [5, 5.41) is 3.29. The van der Waals surface area contributed by atoms with Crippen molar-refractivity contribution < 1.29 is 9.47 Å². The van der Waals surface area contributed by atoms with Crippen molar-refractivity contribution in [1.29, 1.82) is 0 Å². The molecular weight excluding hydrogens is 190 g/mol. The Morgan fingerprint density at radius 1 is 1.33 bits per heavy atom. The van der Waals surface area contributed by atoms with Crippen LogP contribution in [0.2, 0.25) is 0 Å². The normalized spacial score (nSPS) is 20.8. The van der Waals surface area contributed by atoms with E-state index in [1.807, 2.05) is 7.05 Å². The topological polar surface area (TPSA) is 30.5 Å². The van der Waals surface area contributed by atoms with Gasteiger partial charge >= 0.3 is 0 Å². The van der Waals surface area contributed by atoms with E-state index >= 15 is 0 Å². The summed E-state index contributed by atoms with van der Waals surface area (Å²) in [6.45, 7) is 7.99. The van der Waals surface area contributed by atoms with Crippen molar-refractivity contribution in [2.75, 3.05) is 33.5 Å². The molecule has 1 saturated heterocycles. The maximum absolute atomic E-state index is 5.77. The van der Waals surface area contributed by atoms with E-state index in [2.05, 4.69) is 19.2 Å². The van der Waals surface area contributed by atoms with Gasteiger partial charge in [0.05, 0.1) is 6.61 Å². The summed E-state index contributed by atoms with van der Waals surface area (Å²) < 4.78 is 11.1. The molecule has 1 N–H and O–H groups in total. The van der Waals surface area contributed by atoms with Gasteiger partial charge in [0, 0.05) is 25.9 Å². The first-order chi connectivity index (χ1) is 7.24. The highest BCUT2D eigenvalue weighted by Gasteiger charge is 2.15. The van der Waals surface area contributed by atoms with Crippen molar-refractivity contribution in [3.63, 3.8) is 0 Å². The molecule has 0 aromatic rings. The number of ether oxygens (including phenoxy) is 2. The van der Waals surface area contributed by atoms with Crippen LogP contribution >= 0.6 is 0 Å². The zero-order valence-corrected chi connectivity index (χ0v) is 10.3. The summed E-state index contributed by atoms with van der Waals surface area (Å²) in [6, 6.07) is 0.477. The zero-order chi connectivity index (χ0) is 11.1. The Labute approximate surface area is 93.5 Å². The molecule has 0 aromatic heterocycles. The van der Waals surface area contributed by atoms with Crippen LogP contribution in [0.15, 0.2) is 0 Å². The van der Waals surface area contributed by atoms with Crippen molar-refractivity contribution in [3.05, 3.63) is 0 Å². The first-order valence-electron chi connectivity index (χ1n) is 6.06. The summed E-state index contributed by atoms with van der Waals surface area (Å²) in [7, 11) is 2.00. The van der Waals surface area contributed by atoms with E-state index < -0.39 is 0 Å². The Kier molecular flexibility index (Phi) is 6.22. The molecule has 3 heteroatoms. The van der Waals surface area contributed by atoms with Gasteiger partial charge in [-0.3, -0.25) is 0 Å². The first-order valence-corrected chi connectivity index (χ1v) is 6.06. The second kappa shape index (κ2) is 7.20. The summed E-state index contributed by atoms with van der Waals surface area (Å²) in [6.07, 6.45) is 2.32. The molecule has 1 fully saturated rings. The van der Waals surface area contributed by atoms with Crippen LogP contribution in [-0.4, -0.2) is 39.5 Å². The fourth-order valence-electron chi connectivity index (χ4n) is 1.88. The van der Waals surface area contributed by atoms with Crippen LogP contribution in [0.5, 0.6) is 0 Å². The van der Waals surface area contributed by atoms with E-state index in [9.17, 15) is 0 Å². The third-order valence-electron chi connectivity index (χ3n) is 3.17. The molecule has 1 unspecified atom stereocenters.